The van der Waals surface area contributed by atoms with Crippen molar-refractivity contribution in [2.45, 2.75) is 82.5 Å². The van der Waals surface area contributed by atoms with Crippen LogP contribution in [0.15, 0.2) is 30.5 Å². The van der Waals surface area contributed by atoms with Gasteiger partial charge in [0.1, 0.15) is 18.0 Å². The van der Waals surface area contributed by atoms with E-state index in [9.17, 15) is 19.5 Å². The second kappa shape index (κ2) is 11.6. The van der Waals surface area contributed by atoms with E-state index in [4.69, 9.17) is 0 Å². The van der Waals surface area contributed by atoms with Crippen LogP contribution < -0.4 is 21.3 Å². The summed E-state index contributed by atoms with van der Waals surface area (Å²) in [5.74, 6) is 0.154. The van der Waals surface area contributed by atoms with E-state index in [0.717, 1.165) is 56.1 Å². The number of nitrogens with zero attached hydrogens (tertiary/aromatic N) is 3. The van der Waals surface area contributed by atoms with E-state index in [2.05, 4.69) is 33.3 Å². The molecule has 0 radical (unpaired) electrons. The molecule has 1 saturated heterocycles. The largest absolute Gasteiger partial charge is 0.376 e. The number of carbonyl (C=O) groups excluding carboxylic acids is 3. The van der Waals surface area contributed by atoms with Crippen LogP contribution in [0.1, 0.15) is 73.5 Å². The summed E-state index contributed by atoms with van der Waals surface area (Å²) in [4.78, 5) is 42.0. The van der Waals surface area contributed by atoms with Crippen LogP contribution in [0, 0.1) is 17.3 Å². The Balaban J connectivity index is 1.21. The summed E-state index contributed by atoms with van der Waals surface area (Å²) in [5.41, 5.74) is 2.38. The molecular formula is C32H45N7O4. The highest BCUT2D eigenvalue weighted by Crippen LogP contribution is 2.50. The lowest BCUT2D eigenvalue weighted by molar-refractivity contribution is -0.119. The zero-order chi connectivity index (χ0) is 30.4. The summed E-state index contributed by atoms with van der Waals surface area (Å²) in [7, 11) is 3.42. The topological polar surface area (TPSA) is 141 Å². The third-order valence-corrected chi connectivity index (χ3v) is 10.7. The highest BCUT2D eigenvalue weighted by molar-refractivity contribution is 6.00. The minimum Gasteiger partial charge on any atom is -0.376 e. The zero-order valence-electron chi connectivity index (χ0n) is 25.5. The fraction of sp³-hybridized carbons (Fsp3) is 0.625. The number of aliphatic hydroxyl groups is 1. The SMILES string of the molecule is CCC1CCC(C(NC(=O)c2ccnn2C)C(=O)Nc2ccc3c(c2)CC(C(O)NC)(N2CC4(CC4)CNC2=O)C3)CC1. The molecule has 11 heteroatoms. The number of likely N-dealkylation sites (N-methyl/N-ethyl adjacent to an activating group) is 1. The normalized spacial score (nSPS) is 27.3. The number of anilines is 1. The molecule has 2 aromatic rings. The average molecular weight is 592 g/mol. The van der Waals surface area contributed by atoms with Gasteiger partial charge in [0, 0.05) is 50.3 Å². The second-order valence-corrected chi connectivity index (χ2v) is 13.3. The Morgan fingerprint density at radius 2 is 1.88 bits per heavy atom. The van der Waals surface area contributed by atoms with E-state index >= 15 is 0 Å². The van der Waals surface area contributed by atoms with Gasteiger partial charge in [-0.2, -0.15) is 5.10 Å². The third-order valence-electron chi connectivity index (χ3n) is 10.7. The summed E-state index contributed by atoms with van der Waals surface area (Å²) in [5, 5.41) is 27.5. The van der Waals surface area contributed by atoms with Crippen LogP contribution in [0.2, 0.25) is 0 Å². The molecule has 4 aliphatic rings. The first kappa shape index (κ1) is 29.6. The minimum absolute atomic E-state index is 0.0418. The summed E-state index contributed by atoms with van der Waals surface area (Å²) in [6, 6.07) is 6.66. The summed E-state index contributed by atoms with van der Waals surface area (Å²) in [6.45, 7) is 3.53. The van der Waals surface area contributed by atoms with Crippen molar-refractivity contribution in [1.82, 2.24) is 30.6 Å². The third kappa shape index (κ3) is 5.64. The number of urea groups is 1. The smallest absolute Gasteiger partial charge is 0.318 e. The van der Waals surface area contributed by atoms with Crippen molar-refractivity contribution in [3.63, 3.8) is 0 Å². The molecule has 3 aliphatic carbocycles. The first-order valence-corrected chi connectivity index (χ1v) is 15.8. The van der Waals surface area contributed by atoms with Crippen LogP contribution in [0.3, 0.4) is 0 Å². The van der Waals surface area contributed by atoms with Crippen molar-refractivity contribution >= 4 is 23.5 Å². The van der Waals surface area contributed by atoms with Crippen molar-refractivity contribution in [3.8, 4) is 0 Å². The van der Waals surface area contributed by atoms with Gasteiger partial charge < -0.3 is 26.0 Å². The molecule has 3 atom stereocenters. The molecule has 1 aromatic heterocycles. The lowest BCUT2D eigenvalue weighted by Gasteiger charge is -2.48. The lowest BCUT2D eigenvalue weighted by atomic mass is 9.77. The fourth-order valence-electron chi connectivity index (χ4n) is 7.62. The number of nitrogens with one attached hydrogen (secondary N) is 4. The van der Waals surface area contributed by atoms with E-state index < -0.39 is 17.8 Å². The Labute approximate surface area is 253 Å². The molecule has 43 heavy (non-hydrogen) atoms. The number of fused-ring (bicyclic) bond motifs is 1. The van der Waals surface area contributed by atoms with Gasteiger partial charge >= 0.3 is 6.03 Å². The summed E-state index contributed by atoms with van der Waals surface area (Å²) < 4.78 is 1.51. The predicted molar refractivity (Wildman–Crippen MR) is 162 cm³/mol. The molecule has 3 unspecified atom stereocenters. The van der Waals surface area contributed by atoms with Crippen LogP contribution in [0.4, 0.5) is 10.5 Å². The van der Waals surface area contributed by atoms with Gasteiger partial charge in [-0.1, -0.05) is 32.3 Å². The van der Waals surface area contributed by atoms with E-state index in [0.29, 0.717) is 43.2 Å². The van der Waals surface area contributed by atoms with Gasteiger partial charge in [0.05, 0.1) is 5.54 Å². The summed E-state index contributed by atoms with van der Waals surface area (Å²) >= 11 is 0. The van der Waals surface area contributed by atoms with Crippen molar-refractivity contribution in [2.75, 3.05) is 25.5 Å². The molecule has 2 heterocycles. The highest BCUT2D eigenvalue weighted by Gasteiger charge is 2.56. The van der Waals surface area contributed by atoms with Crippen molar-refractivity contribution < 1.29 is 19.5 Å². The standard InChI is InChI=1S/C32H45N7O4/c1-4-20-5-7-21(8-6-20)26(37-27(40)25-11-14-35-38(25)3)28(41)36-24-10-9-22-16-32(29(42)33-2,17-23(22)15-24)39-19-31(12-13-31)18-34-30(39)43/h9-11,14-15,20-21,26,29,33,42H,4-8,12-13,16-19H2,1-3H3,(H,34,43)(H,36,41)(H,37,40). The van der Waals surface area contributed by atoms with E-state index in [1.54, 1.807) is 26.4 Å². The molecule has 3 fully saturated rings. The molecule has 0 bridgehead atoms. The fourth-order valence-corrected chi connectivity index (χ4v) is 7.62. The minimum atomic E-state index is -0.914. The second-order valence-electron chi connectivity index (χ2n) is 13.3. The Morgan fingerprint density at radius 3 is 2.53 bits per heavy atom. The molecular weight excluding hydrogens is 546 g/mol. The van der Waals surface area contributed by atoms with E-state index in [1.807, 2.05) is 23.1 Å². The average Bonchev–Trinajstić information content (AvgIpc) is 3.43. The monoisotopic (exact) mass is 591 g/mol. The number of benzene rings is 1. The van der Waals surface area contributed by atoms with Gasteiger partial charge in [-0.25, -0.2) is 4.79 Å². The van der Waals surface area contributed by atoms with Gasteiger partial charge in [-0.3, -0.25) is 19.6 Å². The van der Waals surface area contributed by atoms with Gasteiger partial charge in [-0.05, 0) is 73.9 Å². The van der Waals surface area contributed by atoms with Crippen LogP contribution in [0.5, 0.6) is 0 Å². The number of hydrogen-bond acceptors (Lipinski definition) is 6. The maximum Gasteiger partial charge on any atom is 0.318 e. The first-order valence-electron chi connectivity index (χ1n) is 15.8. The zero-order valence-corrected chi connectivity index (χ0v) is 25.5. The van der Waals surface area contributed by atoms with Crippen molar-refractivity contribution in [1.29, 1.82) is 0 Å². The van der Waals surface area contributed by atoms with Crippen molar-refractivity contribution in [3.05, 3.63) is 47.3 Å². The Morgan fingerprint density at radius 1 is 1.14 bits per heavy atom. The number of carbonyl (C=O) groups is 3. The molecule has 232 valence electrons. The number of aromatic nitrogens is 2. The Kier molecular flexibility index (Phi) is 7.97. The summed E-state index contributed by atoms with van der Waals surface area (Å²) in [6.07, 6.45) is 8.81. The quantitative estimate of drug-likeness (QED) is 0.284. The number of rotatable bonds is 9. The van der Waals surface area contributed by atoms with Gasteiger partial charge in [0.15, 0.2) is 0 Å². The molecule has 2 saturated carbocycles. The number of hydrogen-bond donors (Lipinski definition) is 5. The molecule has 4 amide bonds. The number of amides is 4. The van der Waals surface area contributed by atoms with E-state index in [-0.39, 0.29) is 29.2 Å². The van der Waals surface area contributed by atoms with E-state index in [1.165, 1.54) is 4.68 Å². The predicted octanol–water partition coefficient (Wildman–Crippen LogP) is 2.55. The lowest BCUT2D eigenvalue weighted by Crippen LogP contribution is -2.68. The molecule has 1 spiro atoms. The van der Waals surface area contributed by atoms with Crippen LogP contribution in [0.25, 0.3) is 0 Å². The maximum absolute atomic E-state index is 13.8. The van der Waals surface area contributed by atoms with Crippen molar-refractivity contribution in [2.24, 2.45) is 24.3 Å². The van der Waals surface area contributed by atoms with Gasteiger partial charge in [-0.15, -0.1) is 0 Å². The first-order chi connectivity index (χ1) is 20.7. The molecule has 5 N–H and O–H groups in total. The van der Waals surface area contributed by atoms with Crippen LogP contribution in [-0.4, -0.2) is 75.6 Å². The molecule has 1 aliphatic heterocycles. The van der Waals surface area contributed by atoms with Crippen LogP contribution >= 0.6 is 0 Å². The molecule has 11 nitrogen and oxygen atoms in total. The number of aryl methyl sites for hydroxylation is 1. The maximum atomic E-state index is 13.8. The van der Waals surface area contributed by atoms with Gasteiger partial charge in [0.25, 0.3) is 5.91 Å². The highest BCUT2D eigenvalue weighted by atomic mass is 16.3. The Bertz CT molecular complexity index is 1380. The Hall–Kier alpha value is -3.44. The molecule has 1 aromatic carbocycles. The molecule has 6 rings (SSSR count). The van der Waals surface area contributed by atoms with Crippen LogP contribution in [-0.2, 0) is 24.7 Å². The number of aliphatic hydroxyl groups excluding tert-OH is 1. The van der Waals surface area contributed by atoms with Gasteiger partial charge in [0.2, 0.25) is 5.91 Å².